The summed E-state index contributed by atoms with van der Waals surface area (Å²) in [5.41, 5.74) is 0. The summed E-state index contributed by atoms with van der Waals surface area (Å²) >= 11 is 0. The molecule has 0 unspecified atom stereocenters. The normalized spacial score (nSPS) is 26.4. The van der Waals surface area contributed by atoms with Crippen molar-refractivity contribution in [1.29, 1.82) is 0 Å². The second-order valence-corrected chi connectivity index (χ2v) is 17.6. The molecule has 2 fully saturated rings. The van der Waals surface area contributed by atoms with Crippen LogP contribution < -0.4 is 0 Å². The lowest BCUT2D eigenvalue weighted by Crippen LogP contribution is -2.61. The minimum atomic E-state index is -1.77. The third-order valence-electron chi connectivity index (χ3n) is 11.7. The van der Waals surface area contributed by atoms with Crippen LogP contribution in [-0.2, 0) is 38.0 Å². The number of aliphatic hydroxyl groups excluding tert-OH is 7. The second-order valence-electron chi connectivity index (χ2n) is 17.6. The van der Waals surface area contributed by atoms with Crippen molar-refractivity contribution in [1.82, 2.24) is 0 Å². The first kappa shape index (κ1) is 61.1. The third-order valence-corrected chi connectivity index (χ3v) is 11.7. The molecule has 2 saturated heterocycles. The topological polar surface area (TPSA) is 231 Å². The van der Waals surface area contributed by atoms with E-state index >= 15 is 0 Å². The molecule has 0 aliphatic carbocycles. The van der Waals surface area contributed by atoms with Crippen LogP contribution in [0.2, 0.25) is 0 Å². The first-order chi connectivity index (χ1) is 33.0. The smallest absolute Gasteiger partial charge is 0.306 e. The molecule has 390 valence electrons. The predicted octanol–water partition coefficient (Wildman–Crippen LogP) is 7.04. The van der Waals surface area contributed by atoms with Crippen LogP contribution in [0.1, 0.15) is 155 Å². The Morgan fingerprint density at radius 2 is 0.882 bits per heavy atom. The Kier molecular flexibility index (Phi) is 35.6. The fourth-order valence-electron chi connectivity index (χ4n) is 7.54. The minimum Gasteiger partial charge on any atom is -0.462 e. The van der Waals surface area contributed by atoms with E-state index in [9.17, 15) is 45.3 Å². The molecule has 2 heterocycles. The summed E-state index contributed by atoms with van der Waals surface area (Å²) < 4.78 is 33.5. The van der Waals surface area contributed by atoms with Gasteiger partial charge in [-0.2, -0.15) is 0 Å². The van der Waals surface area contributed by atoms with Gasteiger partial charge in [-0.05, 0) is 77.0 Å². The Hall–Kier alpha value is -3.06. The van der Waals surface area contributed by atoms with E-state index in [2.05, 4.69) is 86.8 Å². The molecule has 0 aromatic carbocycles. The lowest BCUT2D eigenvalue weighted by atomic mass is 9.98. The van der Waals surface area contributed by atoms with Crippen LogP contribution in [0.3, 0.4) is 0 Å². The average Bonchev–Trinajstić information content (AvgIpc) is 3.33. The molecule has 68 heavy (non-hydrogen) atoms. The zero-order chi connectivity index (χ0) is 49.6. The number of allylic oxidation sites excluding steroid dienone is 12. The van der Waals surface area contributed by atoms with Gasteiger partial charge in [0.2, 0.25) is 0 Å². The highest BCUT2D eigenvalue weighted by Gasteiger charge is 2.47. The van der Waals surface area contributed by atoms with Crippen molar-refractivity contribution in [3.8, 4) is 0 Å². The molecule has 2 aliphatic rings. The number of ether oxygens (including phenoxy) is 6. The summed E-state index contributed by atoms with van der Waals surface area (Å²) in [6.07, 6.45) is 29.3. The lowest BCUT2D eigenvalue weighted by Gasteiger charge is -2.42. The van der Waals surface area contributed by atoms with Crippen molar-refractivity contribution < 1.29 is 73.8 Å². The summed E-state index contributed by atoms with van der Waals surface area (Å²) in [6.45, 7) is 2.32. The Bertz CT molecular complexity index is 1460. The van der Waals surface area contributed by atoms with Gasteiger partial charge >= 0.3 is 11.9 Å². The number of unbranched alkanes of at least 4 members (excludes halogenated alkanes) is 12. The fourth-order valence-corrected chi connectivity index (χ4v) is 7.54. The molecule has 2 rings (SSSR count). The summed E-state index contributed by atoms with van der Waals surface area (Å²) in [5, 5.41) is 72.1. The Morgan fingerprint density at radius 3 is 1.38 bits per heavy atom. The van der Waals surface area contributed by atoms with Crippen LogP contribution >= 0.6 is 0 Å². The summed E-state index contributed by atoms with van der Waals surface area (Å²) in [5.74, 6) is -0.962. The Morgan fingerprint density at radius 1 is 0.471 bits per heavy atom. The van der Waals surface area contributed by atoms with Crippen molar-refractivity contribution in [2.75, 3.05) is 26.4 Å². The molecule has 2 aliphatic heterocycles. The van der Waals surface area contributed by atoms with E-state index in [1.807, 2.05) is 0 Å². The maximum absolute atomic E-state index is 13.0. The van der Waals surface area contributed by atoms with Gasteiger partial charge in [0.05, 0.1) is 19.8 Å². The summed E-state index contributed by atoms with van der Waals surface area (Å²) in [6, 6.07) is 0. The number of hydrogen-bond donors (Lipinski definition) is 7. The highest BCUT2D eigenvalue weighted by Crippen LogP contribution is 2.26. The first-order valence-corrected chi connectivity index (χ1v) is 25.5. The van der Waals surface area contributed by atoms with E-state index in [0.717, 1.165) is 109 Å². The molecule has 0 radical (unpaired) electrons. The van der Waals surface area contributed by atoms with Crippen LogP contribution in [0.25, 0.3) is 0 Å². The van der Waals surface area contributed by atoms with Crippen LogP contribution in [-0.4, -0.2) is 142 Å². The van der Waals surface area contributed by atoms with Crippen molar-refractivity contribution in [2.24, 2.45) is 0 Å². The molecule has 0 bridgehead atoms. The zero-order valence-corrected chi connectivity index (χ0v) is 41.1. The number of hydrogen-bond acceptors (Lipinski definition) is 15. The number of carbonyl (C=O) groups excluding carboxylic acids is 2. The number of esters is 2. The van der Waals surface area contributed by atoms with Gasteiger partial charge < -0.3 is 64.2 Å². The van der Waals surface area contributed by atoms with Crippen LogP contribution in [0.15, 0.2) is 72.9 Å². The fraction of sp³-hybridized carbons (Fsp3) is 0.736. The molecule has 0 amide bonds. The first-order valence-electron chi connectivity index (χ1n) is 25.5. The van der Waals surface area contributed by atoms with Gasteiger partial charge in [-0.1, -0.05) is 138 Å². The molecule has 15 heteroatoms. The second kappa shape index (κ2) is 39.6. The van der Waals surface area contributed by atoms with E-state index in [4.69, 9.17) is 28.4 Å². The average molecular weight is 965 g/mol. The van der Waals surface area contributed by atoms with E-state index in [0.29, 0.717) is 12.8 Å². The van der Waals surface area contributed by atoms with Gasteiger partial charge in [0, 0.05) is 12.8 Å². The van der Waals surface area contributed by atoms with Crippen molar-refractivity contribution in [3.05, 3.63) is 72.9 Å². The SMILES string of the molecule is CC/C=C\C/C=C\C/C=C\CCCCCCCCCC(=O)OC[C@H](CO[C@@H]1O[C@H](CO[C@H]2O[C@H](CO)[C@H](O)[C@H](O)[C@H]2O)[C@H](O)[C@H](O)[C@H]1O)OC(=O)CCCCCCC/C=C\C/C=C\C/C=C\CC. The highest BCUT2D eigenvalue weighted by molar-refractivity contribution is 5.70. The van der Waals surface area contributed by atoms with Gasteiger partial charge in [-0.3, -0.25) is 9.59 Å². The maximum Gasteiger partial charge on any atom is 0.306 e. The Labute approximate surface area is 406 Å². The number of aliphatic hydroxyl groups is 7. The number of rotatable bonds is 38. The summed E-state index contributed by atoms with van der Waals surface area (Å²) in [7, 11) is 0. The molecule has 11 atom stereocenters. The molecule has 7 N–H and O–H groups in total. The van der Waals surface area contributed by atoms with Gasteiger partial charge in [0.1, 0.15) is 55.4 Å². The minimum absolute atomic E-state index is 0.140. The van der Waals surface area contributed by atoms with Crippen molar-refractivity contribution >= 4 is 11.9 Å². The van der Waals surface area contributed by atoms with Crippen molar-refractivity contribution in [3.63, 3.8) is 0 Å². The molecular formula is C53H88O15. The van der Waals surface area contributed by atoms with Crippen LogP contribution in [0.4, 0.5) is 0 Å². The van der Waals surface area contributed by atoms with Crippen LogP contribution in [0, 0.1) is 0 Å². The van der Waals surface area contributed by atoms with E-state index in [1.54, 1.807) is 0 Å². The van der Waals surface area contributed by atoms with Gasteiger partial charge in [0.15, 0.2) is 18.7 Å². The van der Waals surface area contributed by atoms with Gasteiger partial charge in [0.25, 0.3) is 0 Å². The standard InChI is InChI=1S/C53H88O15/c1-3-5-7-9-11-13-15-17-19-20-22-23-25-27-29-31-33-35-44(55)63-38-41(66-45(56)36-34-32-30-28-26-24-21-18-16-14-12-10-8-6-4-2)39-64-52-51(62)49(60)47(58)43(68-52)40-65-53-50(61)48(59)46(57)42(37-54)67-53/h5-8,11-14,17-19,21,41-43,46-54,57-62H,3-4,9-10,15-16,20,22-40H2,1-2H3/b7-5-,8-6-,13-11-,14-12-,19-17-,21-18-/t41-,42-,43-,46+,47+,48+,49+,50-,51-,52-,53+/m1/s1. The molecule has 0 saturated carbocycles. The predicted molar refractivity (Wildman–Crippen MR) is 261 cm³/mol. The molecule has 0 aromatic heterocycles. The molecule has 0 spiro atoms. The Balaban J connectivity index is 1.82. The quantitative estimate of drug-likeness (QED) is 0.0187. The van der Waals surface area contributed by atoms with E-state index < -0.39 is 99.3 Å². The zero-order valence-electron chi connectivity index (χ0n) is 41.1. The largest absolute Gasteiger partial charge is 0.462 e. The maximum atomic E-state index is 13.0. The van der Waals surface area contributed by atoms with E-state index in [1.165, 1.54) is 6.42 Å². The van der Waals surface area contributed by atoms with Crippen LogP contribution in [0.5, 0.6) is 0 Å². The van der Waals surface area contributed by atoms with Gasteiger partial charge in [-0.15, -0.1) is 0 Å². The highest BCUT2D eigenvalue weighted by atomic mass is 16.7. The summed E-state index contributed by atoms with van der Waals surface area (Å²) in [4.78, 5) is 25.8. The molecular weight excluding hydrogens is 877 g/mol. The number of carbonyl (C=O) groups is 2. The van der Waals surface area contributed by atoms with Gasteiger partial charge in [-0.25, -0.2) is 0 Å². The van der Waals surface area contributed by atoms with E-state index in [-0.39, 0.29) is 19.4 Å². The third kappa shape index (κ3) is 27.4. The van der Waals surface area contributed by atoms with Crippen molar-refractivity contribution in [2.45, 2.75) is 223 Å². The molecule has 0 aromatic rings. The lowest BCUT2D eigenvalue weighted by molar-refractivity contribution is -0.332. The monoisotopic (exact) mass is 965 g/mol. The molecule has 15 nitrogen and oxygen atoms in total.